The van der Waals surface area contributed by atoms with Crippen LogP contribution in [0.3, 0.4) is 0 Å². The van der Waals surface area contributed by atoms with E-state index in [2.05, 4.69) is 23.5 Å². The van der Waals surface area contributed by atoms with Crippen molar-refractivity contribution in [3.05, 3.63) is 47.4 Å². The molecule has 0 spiro atoms. The molecule has 1 aromatic carbocycles. The molecule has 1 aliphatic carbocycles. The first-order chi connectivity index (χ1) is 11.3. The molecular formula is C19H25NO3. The molecule has 0 radical (unpaired) electrons. The van der Waals surface area contributed by atoms with Crippen LogP contribution >= 0.6 is 0 Å². The SMILES string of the molecule is CCOc1ccc(CNC2CCCc3occc32)cc1OCC. The highest BCUT2D eigenvalue weighted by Crippen LogP contribution is 2.32. The summed E-state index contributed by atoms with van der Waals surface area (Å²) in [5, 5.41) is 3.64. The van der Waals surface area contributed by atoms with Gasteiger partial charge in [0, 0.05) is 24.6 Å². The topological polar surface area (TPSA) is 43.6 Å². The highest BCUT2D eigenvalue weighted by atomic mass is 16.5. The Kier molecular flexibility index (Phi) is 5.23. The molecule has 0 amide bonds. The Morgan fingerprint density at radius 2 is 1.96 bits per heavy atom. The van der Waals surface area contributed by atoms with E-state index < -0.39 is 0 Å². The number of hydrogen-bond donors (Lipinski definition) is 1. The normalized spacial score (nSPS) is 16.9. The molecule has 1 aromatic heterocycles. The number of benzene rings is 1. The van der Waals surface area contributed by atoms with Gasteiger partial charge in [-0.15, -0.1) is 0 Å². The minimum atomic E-state index is 0.375. The van der Waals surface area contributed by atoms with Crippen molar-refractivity contribution in [2.45, 2.75) is 45.7 Å². The van der Waals surface area contributed by atoms with Crippen molar-refractivity contribution < 1.29 is 13.9 Å². The van der Waals surface area contributed by atoms with Crippen LogP contribution in [0, 0.1) is 0 Å². The first-order valence-electron chi connectivity index (χ1n) is 8.50. The predicted molar refractivity (Wildman–Crippen MR) is 90.0 cm³/mol. The number of ether oxygens (including phenoxy) is 2. The monoisotopic (exact) mass is 315 g/mol. The maximum Gasteiger partial charge on any atom is 0.161 e. The second-order valence-corrected chi connectivity index (χ2v) is 5.77. The Labute approximate surface area is 137 Å². The molecule has 0 saturated heterocycles. The molecule has 0 bridgehead atoms. The quantitative estimate of drug-likeness (QED) is 0.830. The van der Waals surface area contributed by atoms with Gasteiger partial charge in [0.25, 0.3) is 0 Å². The number of furan rings is 1. The summed E-state index contributed by atoms with van der Waals surface area (Å²) in [4.78, 5) is 0. The molecule has 2 aromatic rings. The number of aryl methyl sites for hydroxylation is 1. The average Bonchev–Trinajstić information content (AvgIpc) is 3.04. The van der Waals surface area contributed by atoms with Crippen molar-refractivity contribution in [3.63, 3.8) is 0 Å². The lowest BCUT2D eigenvalue weighted by molar-refractivity contribution is 0.287. The minimum Gasteiger partial charge on any atom is -0.490 e. The molecule has 23 heavy (non-hydrogen) atoms. The van der Waals surface area contributed by atoms with Gasteiger partial charge in [0.15, 0.2) is 11.5 Å². The Balaban J connectivity index is 1.68. The van der Waals surface area contributed by atoms with Crippen molar-refractivity contribution in [3.8, 4) is 11.5 Å². The predicted octanol–water partition coefficient (Wildman–Crippen LogP) is 4.24. The molecular weight excluding hydrogens is 290 g/mol. The van der Waals surface area contributed by atoms with Crippen molar-refractivity contribution >= 4 is 0 Å². The standard InChI is InChI=1S/C19H25NO3/c1-3-21-18-9-8-14(12-19(18)22-4-2)13-20-16-6-5-7-17-15(16)10-11-23-17/h8-12,16,20H,3-7,13H2,1-2H3. The van der Waals surface area contributed by atoms with E-state index in [1.165, 1.54) is 17.5 Å². The molecule has 0 fully saturated rings. The van der Waals surface area contributed by atoms with E-state index in [4.69, 9.17) is 13.9 Å². The molecule has 1 unspecified atom stereocenters. The fourth-order valence-electron chi connectivity index (χ4n) is 3.14. The van der Waals surface area contributed by atoms with Crippen LogP contribution in [0.4, 0.5) is 0 Å². The van der Waals surface area contributed by atoms with Gasteiger partial charge in [-0.05, 0) is 50.5 Å². The molecule has 3 rings (SSSR count). The minimum absolute atomic E-state index is 0.375. The molecule has 124 valence electrons. The molecule has 1 atom stereocenters. The molecule has 1 heterocycles. The van der Waals surface area contributed by atoms with E-state index in [-0.39, 0.29) is 0 Å². The third-order valence-corrected chi connectivity index (χ3v) is 4.21. The third kappa shape index (κ3) is 3.70. The van der Waals surface area contributed by atoms with Crippen LogP contribution in [-0.2, 0) is 13.0 Å². The van der Waals surface area contributed by atoms with E-state index >= 15 is 0 Å². The van der Waals surface area contributed by atoms with E-state index in [0.717, 1.165) is 36.6 Å². The average molecular weight is 315 g/mol. The number of fused-ring (bicyclic) bond motifs is 1. The van der Waals surface area contributed by atoms with E-state index in [0.29, 0.717) is 19.3 Å². The summed E-state index contributed by atoms with van der Waals surface area (Å²) in [7, 11) is 0. The van der Waals surface area contributed by atoms with Crippen LogP contribution in [0.1, 0.15) is 49.6 Å². The molecule has 0 aliphatic heterocycles. The van der Waals surface area contributed by atoms with E-state index in [1.807, 2.05) is 19.9 Å². The Morgan fingerprint density at radius 3 is 2.78 bits per heavy atom. The number of rotatable bonds is 7. The van der Waals surface area contributed by atoms with Crippen molar-refractivity contribution in [2.24, 2.45) is 0 Å². The maximum atomic E-state index is 5.70. The largest absolute Gasteiger partial charge is 0.490 e. The van der Waals surface area contributed by atoms with Gasteiger partial charge in [-0.25, -0.2) is 0 Å². The van der Waals surface area contributed by atoms with Gasteiger partial charge >= 0.3 is 0 Å². The zero-order valence-corrected chi connectivity index (χ0v) is 13.9. The highest BCUT2D eigenvalue weighted by Gasteiger charge is 2.22. The summed E-state index contributed by atoms with van der Waals surface area (Å²) < 4.78 is 16.9. The van der Waals surface area contributed by atoms with Gasteiger partial charge < -0.3 is 19.2 Å². The van der Waals surface area contributed by atoms with Crippen molar-refractivity contribution in [1.29, 1.82) is 0 Å². The summed E-state index contributed by atoms with van der Waals surface area (Å²) in [6.45, 7) is 6.06. The molecule has 1 N–H and O–H groups in total. The second kappa shape index (κ2) is 7.55. The summed E-state index contributed by atoms with van der Waals surface area (Å²) in [5.74, 6) is 2.77. The van der Waals surface area contributed by atoms with Crippen LogP contribution < -0.4 is 14.8 Å². The highest BCUT2D eigenvalue weighted by molar-refractivity contribution is 5.43. The van der Waals surface area contributed by atoms with Gasteiger partial charge in [0.1, 0.15) is 5.76 Å². The lowest BCUT2D eigenvalue weighted by Gasteiger charge is -2.23. The fraction of sp³-hybridized carbons (Fsp3) is 0.474. The summed E-state index contributed by atoms with van der Waals surface area (Å²) in [5.41, 5.74) is 2.51. The van der Waals surface area contributed by atoms with Gasteiger partial charge in [-0.1, -0.05) is 6.07 Å². The molecule has 0 saturated carbocycles. The van der Waals surface area contributed by atoms with E-state index in [1.54, 1.807) is 6.26 Å². The molecule has 4 nitrogen and oxygen atoms in total. The summed E-state index contributed by atoms with van der Waals surface area (Å²) in [6, 6.07) is 8.63. The van der Waals surface area contributed by atoms with Gasteiger partial charge in [-0.2, -0.15) is 0 Å². The van der Waals surface area contributed by atoms with Crippen LogP contribution in [0.25, 0.3) is 0 Å². The summed E-state index contributed by atoms with van der Waals surface area (Å²) in [6.07, 6.45) is 5.18. The first kappa shape index (κ1) is 15.9. The van der Waals surface area contributed by atoms with Gasteiger partial charge in [0.05, 0.1) is 19.5 Å². The van der Waals surface area contributed by atoms with E-state index in [9.17, 15) is 0 Å². The Bertz CT molecular complexity index is 635. The zero-order chi connectivity index (χ0) is 16.1. The Hall–Kier alpha value is -1.94. The second-order valence-electron chi connectivity index (χ2n) is 5.77. The van der Waals surface area contributed by atoms with Gasteiger partial charge in [0.2, 0.25) is 0 Å². The first-order valence-corrected chi connectivity index (χ1v) is 8.50. The van der Waals surface area contributed by atoms with Crippen LogP contribution in [0.15, 0.2) is 34.9 Å². The lowest BCUT2D eigenvalue weighted by atomic mass is 9.93. The number of hydrogen-bond acceptors (Lipinski definition) is 4. The number of nitrogens with one attached hydrogen (secondary N) is 1. The third-order valence-electron chi connectivity index (χ3n) is 4.21. The lowest BCUT2D eigenvalue weighted by Crippen LogP contribution is -2.24. The molecule has 1 aliphatic rings. The van der Waals surface area contributed by atoms with Crippen LogP contribution in [0.5, 0.6) is 11.5 Å². The molecule has 4 heteroatoms. The fourth-order valence-corrected chi connectivity index (χ4v) is 3.14. The maximum absolute atomic E-state index is 5.70. The van der Waals surface area contributed by atoms with Crippen molar-refractivity contribution in [1.82, 2.24) is 5.32 Å². The summed E-state index contributed by atoms with van der Waals surface area (Å²) >= 11 is 0. The van der Waals surface area contributed by atoms with Crippen LogP contribution in [-0.4, -0.2) is 13.2 Å². The Morgan fingerprint density at radius 1 is 1.13 bits per heavy atom. The van der Waals surface area contributed by atoms with Crippen molar-refractivity contribution in [2.75, 3.05) is 13.2 Å². The van der Waals surface area contributed by atoms with Gasteiger partial charge in [-0.3, -0.25) is 0 Å². The van der Waals surface area contributed by atoms with Crippen LogP contribution in [0.2, 0.25) is 0 Å². The zero-order valence-electron chi connectivity index (χ0n) is 13.9. The smallest absolute Gasteiger partial charge is 0.161 e.